The fourth-order valence-electron chi connectivity index (χ4n) is 2.62. The lowest BCUT2D eigenvalue weighted by atomic mass is 9.97. The van der Waals surface area contributed by atoms with E-state index in [4.69, 9.17) is 20.9 Å². The predicted molar refractivity (Wildman–Crippen MR) is 107 cm³/mol. The highest BCUT2D eigenvalue weighted by Crippen LogP contribution is 2.41. The Hall–Kier alpha value is -2.22. The van der Waals surface area contributed by atoms with Crippen molar-refractivity contribution in [1.82, 2.24) is 0 Å². The standard InChI is InChI=1S/C19H19ClF3NO5P/c1-4-11(3)13-9-15(24(25)26)18(30(27)28-5-2)10-17(13)29-16-7-6-12(8-14(16)20)19(21,22)23/h6-11H,4-5H2,1-3H3/q+1. The molecule has 0 spiro atoms. The second-order valence-corrected chi connectivity index (χ2v) is 8.03. The van der Waals surface area contributed by atoms with Crippen LogP contribution in [0, 0.1) is 10.1 Å². The van der Waals surface area contributed by atoms with Crippen molar-refractivity contribution in [3.05, 3.63) is 56.6 Å². The van der Waals surface area contributed by atoms with Gasteiger partial charge < -0.3 is 4.74 Å². The Kier molecular flexibility index (Phi) is 7.80. The lowest BCUT2D eigenvalue weighted by Gasteiger charge is -2.17. The number of ether oxygens (including phenoxy) is 1. The SMILES string of the molecule is CCO[P+](=O)c1cc(Oc2ccc(C(F)(F)F)cc2Cl)c(C(C)CC)cc1[N+](=O)[O-]. The monoisotopic (exact) mass is 464 g/mol. The van der Waals surface area contributed by atoms with Crippen molar-refractivity contribution in [1.29, 1.82) is 0 Å². The topological polar surface area (TPSA) is 78.7 Å². The van der Waals surface area contributed by atoms with E-state index in [1.54, 1.807) is 6.92 Å². The van der Waals surface area contributed by atoms with Crippen LogP contribution in [-0.4, -0.2) is 11.5 Å². The summed E-state index contributed by atoms with van der Waals surface area (Å²) >= 11 is 5.97. The van der Waals surface area contributed by atoms with E-state index in [9.17, 15) is 27.9 Å². The molecule has 0 saturated heterocycles. The molecule has 6 nitrogen and oxygen atoms in total. The molecular formula is C19H19ClF3NO5P+. The molecule has 0 aliphatic carbocycles. The molecule has 2 rings (SSSR count). The summed E-state index contributed by atoms with van der Waals surface area (Å²) in [6, 6.07) is 5.09. The maximum absolute atomic E-state index is 12.9. The Balaban J connectivity index is 2.61. The van der Waals surface area contributed by atoms with Gasteiger partial charge in [-0.15, -0.1) is 4.52 Å². The van der Waals surface area contributed by atoms with Crippen LogP contribution in [0.15, 0.2) is 30.3 Å². The third kappa shape index (κ3) is 5.47. The maximum atomic E-state index is 12.9. The van der Waals surface area contributed by atoms with Crippen molar-refractivity contribution in [2.75, 3.05) is 6.61 Å². The third-order valence-corrected chi connectivity index (χ3v) is 5.91. The first-order valence-electron chi connectivity index (χ1n) is 8.96. The minimum Gasteiger partial charge on any atom is -0.455 e. The highest BCUT2D eigenvalue weighted by atomic mass is 35.5. The van der Waals surface area contributed by atoms with Gasteiger partial charge in [-0.3, -0.25) is 10.1 Å². The van der Waals surface area contributed by atoms with Gasteiger partial charge in [0.15, 0.2) is 0 Å². The third-order valence-electron chi connectivity index (χ3n) is 4.37. The second kappa shape index (κ2) is 9.73. The molecule has 0 aromatic heterocycles. The first kappa shape index (κ1) is 24.1. The molecule has 0 heterocycles. The number of nitro benzene ring substituents is 1. The first-order valence-corrected chi connectivity index (χ1v) is 10.5. The predicted octanol–water partition coefficient (Wildman–Crippen LogP) is 6.98. The molecule has 0 aliphatic rings. The molecule has 30 heavy (non-hydrogen) atoms. The zero-order valence-corrected chi connectivity index (χ0v) is 18.0. The van der Waals surface area contributed by atoms with E-state index in [0.29, 0.717) is 12.0 Å². The second-order valence-electron chi connectivity index (χ2n) is 6.37. The molecule has 0 saturated carbocycles. The Labute approximate surface area is 177 Å². The number of halogens is 4. The van der Waals surface area contributed by atoms with Crippen molar-refractivity contribution in [3.63, 3.8) is 0 Å². The summed E-state index contributed by atoms with van der Waals surface area (Å²) in [6.45, 7) is 5.33. The van der Waals surface area contributed by atoms with Gasteiger partial charge in [-0.1, -0.05) is 25.4 Å². The van der Waals surface area contributed by atoms with Crippen molar-refractivity contribution in [2.45, 2.75) is 39.3 Å². The van der Waals surface area contributed by atoms with Gasteiger partial charge in [0.25, 0.3) is 0 Å². The van der Waals surface area contributed by atoms with Gasteiger partial charge in [0.1, 0.15) is 18.1 Å². The van der Waals surface area contributed by atoms with E-state index in [1.807, 2.05) is 13.8 Å². The summed E-state index contributed by atoms with van der Waals surface area (Å²) in [5.41, 5.74) is -0.889. The molecule has 0 radical (unpaired) electrons. The smallest absolute Gasteiger partial charge is 0.455 e. The highest BCUT2D eigenvalue weighted by molar-refractivity contribution is 7.48. The number of rotatable bonds is 8. The Bertz CT molecular complexity index is 968. The van der Waals surface area contributed by atoms with Crippen LogP contribution in [0.2, 0.25) is 5.02 Å². The number of nitro groups is 1. The highest BCUT2D eigenvalue weighted by Gasteiger charge is 2.36. The Morgan fingerprint density at radius 3 is 2.37 bits per heavy atom. The van der Waals surface area contributed by atoms with Gasteiger partial charge in [-0.25, -0.2) is 0 Å². The molecule has 0 amide bonds. The van der Waals surface area contributed by atoms with E-state index in [2.05, 4.69) is 0 Å². The van der Waals surface area contributed by atoms with Gasteiger partial charge in [-0.2, -0.15) is 13.2 Å². The van der Waals surface area contributed by atoms with Crippen molar-refractivity contribution < 1.29 is 31.9 Å². The average molecular weight is 465 g/mol. The normalized spacial score (nSPS) is 13.1. The fourth-order valence-corrected chi connectivity index (χ4v) is 3.77. The molecule has 2 atom stereocenters. The number of nitrogens with zero attached hydrogens (tertiary/aromatic N) is 1. The van der Waals surface area contributed by atoms with Gasteiger partial charge in [-0.05, 0) is 42.0 Å². The number of benzene rings is 2. The van der Waals surface area contributed by atoms with Crippen LogP contribution < -0.4 is 10.0 Å². The molecule has 2 unspecified atom stereocenters. The quantitative estimate of drug-likeness (QED) is 0.239. The van der Waals surface area contributed by atoms with Gasteiger partial charge >= 0.3 is 25.2 Å². The largest absolute Gasteiger partial charge is 0.556 e. The lowest BCUT2D eigenvalue weighted by molar-refractivity contribution is -0.383. The Morgan fingerprint density at radius 2 is 1.87 bits per heavy atom. The molecule has 162 valence electrons. The van der Waals surface area contributed by atoms with Gasteiger partial charge in [0.05, 0.1) is 15.5 Å². The molecule has 11 heteroatoms. The maximum Gasteiger partial charge on any atom is 0.556 e. The van der Waals surface area contributed by atoms with Gasteiger partial charge in [0.2, 0.25) is 0 Å². The van der Waals surface area contributed by atoms with Crippen LogP contribution in [0.1, 0.15) is 44.2 Å². The Morgan fingerprint density at radius 1 is 1.20 bits per heavy atom. The molecule has 0 fully saturated rings. The van der Waals surface area contributed by atoms with E-state index in [-0.39, 0.29) is 40.0 Å². The molecule has 2 aromatic carbocycles. The molecule has 2 aromatic rings. The van der Waals surface area contributed by atoms with Gasteiger partial charge in [0, 0.05) is 17.7 Å². The van der Waals surface area contributed by atoms with E-state index >= 15 is 0 Å². The van der Waals surface area contributed by atoms with Crippen LogP contribution in [0.5, 0.6) is 11.5 Å². The summed E-state index contributed by atoms with van der Waals surface area (Å²) in [4.78, 5) is 10.8. The number of hydrogen-bond donors (Lipinski definition) is 0. The zero-order valence-electron chi connectivity index (χ0n) is 16.3. The summed E-state index contributed by atoms with van der Waals surface area (Å²) in [5, 5.41) is 11.0. The van der Waals surface area contributed by atoms with E-state index in [1.165, 1.54) is 12.1 Å². The van der Waals surface area contributed by atoms with Crippen LogP contribution in [0.25, 0.3) is 0 Å². The summed E-state index contributed by atoms with van der Waals surface area (Å²) in [7, 11) is -2.54. The van der Waals surface area contributed by atoms with E-state index in [0.717, 1.165) is 18.2 Å². The summed E-state index contributed by atoms with van der Waals surface area (Å²) < 4.78 is 61.7. The number of hydrogen-bond acceptors (Lipinski definition) is 5. The first-order chi connectivity index (χ1) is 14.0. The molecule has 0 N–H and O–H groups in total. The van der Waals surface area contributed by atoms with Crippen molar-refractivity contribution >= 4 is 30.6 Å². The van der Waals surface area contributed by atoms with Crippen LogP contribution in [0.3, 0.4) is 0 Å². The van der Waals surface area contributed by atoms with Crippen LogP contribution in [0.4, 0.5) is 18.9 Å². The zero-order chi connectivity index (χ0) is 22.6. The van der Waals surface area contributed by atoms with Crippen molar-refractivity contribution in [3.8, 4) is 11.5 Å². The van der Waals surface area contributed by atoms with Crippen molar-refractivity contribution in [2.24, 2.45) is 0 Å². The summed E-state index contributed by atoms with van der Waals surface area (Å²) in [5.74, 6) is -0.152. The molecular weight excluding hydrogens is 446 g/mol. The molecule has 0 bridgehead atoms. The van der Waals surface area contributed by atoms with Crippen LogP contribution >= 0.6 is 19.6 Å². The van der Waals surface area contributed by atoms with E-state index < -0.39 is 24.7 Å². The average Bonchev–Trinajstić information content (AvgIpc) is 2.67. The summed E-state index contributed by atoms with van der Waals surface area (Å²) in [6.07, 6.45) is -3.97. The lowest BCUT2D eigenvalue weighted by Crippen LogP contribution is -2.10. The van der Waals surface area contributed by atoms with Crippen LogP contribution in [-0.2, 0) is 15.3 Å². The number of alkyl halides is 3. The fraction of sp³-hybridized carbons (Fsp3) is 0.368. The minimum absolute atomic E-state index is 0.0688. The minimum atomic E-state index is -4.57. The molecule has 0 aliphatic heterocycles.